The third kappa shape index (κ3) is 3.47. The second-order valence-corrected chi connectivity index (χ2v) is 6.91. The quantitative estimate of drug-likeness (QED) is 0.359. The zero-order chi connectivity index (χ0) is 21.3. The molecule has 3 aromatic rings. The molecule has 4 rings (SSSR count). The molecule has 0 amide bonds. The Morgan fingerprint density at radius 2 is 1.33 bits per heavy atom. The Labute approximate surface area is 174 Å². The molecule has 1 aliphatic rings. The van der Waals surface area contributed by atoms with E-state index >= 15 is 0 Å². The standard InChI is InChI=1S/C12H10BrN15O2/c1-5-7(13)6(2)28(24-5)11-22-18-9(19-23-11)15-14-8-16-20-10(21-17-8)27-3-12(4-27,25-29)26-30/h3-4H2,1-2H3. The van der Waals surface area contributed by atoms with Gasteiger partial charge in [0.15, 0.2) is 0 Å². The van der Waals surface area contributed by atoms with Gasteiger partial charge < -0.3 is 4.90 Å². The number of aromatic nitrogens is 10. The molecule has 17 nitrogen and oxygen atoms in total. The van der Waals surface area contributed by atoms with E-state index in [0.29, 0.717) is 0 Å². The van der Waals surface area contributed by atoms with Crippen molar-refractivity contribution in [3.8, 4) is 5.95 Å². The van der Waals surface area contributed by atoms with Crippen LogP contribution in [0.3, 0.4) is 0 Å². The summed E-state index contributed by atoms with van der Waals surface area (Å²) in [7, 11) is 0. The van der Waals surface area contributed by atoms with Crippen LogP contribution in [0.5, 0.6) is 0 Å². The van der Waals surface area contributed by atoms with Gasteiger partial charge in [-0.3, -0.25) is 0 Å². The molecule has 1 aliphatic heterocycles. The third-order valence-corrected chi connectivity index (χ3v) is 5.20. The number of halogens is 1. The Bertz CT molecular complexity index is 1110. The minimum atomic E-state index is -1.52. The van der Waals surface area contributed by atoms with Crippen LogP contribution in [0.25, 0.3) is 5.95 Å². The van der Waals surface area contributed by atoms with Crippen LogP contribution >= 0.6 is 15.9 Å². The van der Waals surface area contributed by atoms with Gasteiger partial charge in [-0.05, 0) is 40.1 Å². The Morgan fingerprint density at radius 3 is 1.77 bits per heavy atom. The molecule has 0 spiro atoms. The van der Waals surface area contributed by atoms with Crippen molar-refractivity contribution < 1.29 is 0 Å². The number of nitrogens with zero attached hydrogens (tertiary/aromatic N) is 15. The Hall–Kier alpha value is -3.83. The lowest BCUT2D eigenvalue weighted by atomic mass is 10.0. The van der Waals surface area contributed by atoms with Gasteiger partial charge in [-0.25, -0.2) is 0 Å². The molecule has 0 saturated carbocycles. The molecule has 0 N–H and O–H groups in total. The van der Waals surface area contributed by atoms with Gasteiger partial charge in [0.2, 0.25) is 0 Å². The molecule has 152 valence electrons. The average molecular weight is 476 g/mol. The van der Waals surface area contributed by atoms with Crippen LogP contribution in [0, 0.1) is 23.7 Å². The van der Waals surface area contributed by atoms with E-state index in [1.165, 1.54) is 9.58 Å². The summed E-state index contributed by atoms with van der Waals surface area (Å²) in [6.45, 7) is 3.58. The highest BCUT2D eigenvalue weighted by Crippen LogP contribution is 2.28. The molecule has 0 atom stereocenters. The summed E-state index contributed by atoms with van der Waals surface area (Å²) in [6.07, 6.45) is 0. The highest BCUT2D eigenvalue weighted by atomic mass is 79.9. The maximum absolute atomic E-state index is 10.6. The molecule has 1 saturated heterocycles. The maximum atomic E-state index is 10.6. The van der Waals surface area contributed by atoms with Gasteiger partial charge in [-0.15, -0.1) is 60.8 Å². The largest absolute Gasteiger partial charge is 0.329 e. The highest BCUT2D eigenvalue weighted by Gasteiger charge is 2.48. The molecule has 3 aromatic heterocycles. The highest BCUT2D eigenvalue weighted by molar-refractivity contribution is 9.10. The fourth-order valence-electron chi connectivity index (χ4n) is 2.48. The molecular weight excluding hydrogens is 466 g/mol. The van der Waals surface area contributed by atoms with Gasteiger partial charge in [-0.1, -0.05) is 0 Å². The van der Waals surface area contributed by atoms with E-state index in [-0.39, 0.29) is 36.9 Å². The molecule has 4 heterocycles. The van der Waals surface area contributed by atoms with Crippen molar-refractivity contribution in [1.82, 2.24) is 50.6 Å². The van der Waals surface area contributed by atoms with Gasteiger partial charge in [0.1, 0.15) is 0 Å². The number of azo groups is 1. The SMILES string of the molecule is Cc1nn(-c2nnc(N=Nc3nnc(N4CC(N=O)(N=O)C4)nn3)nn2)c(C)c1Br. The van der Waals surface area contributed by atoms with Gasteiger partial charge in [-0.2, -0.15) is 9.78 Å². The molecule has 30 heavy (non-hydrogen) atoms. The monoisotopic (exact) mass is 475 g/mol. The van der Waals surface area contributed by atoms with Crippen molar-refractivity contribution in [2.45, 2.75) is 19.5 Å². The van der Waals surface area contributed by atoms with Crippen LogP contribution in [0.1, 0.15) is 11.4 Å². The minimum absolute atomic E-state index is 0.0480. The number of anilines is 1. The van der Waals surface area contributed by atoms with E-state index in [0.717, 1.165) is 15.9 Å². The summed E-state index contributed by atoms with van der Waals surface area (Å²) in [5.74, 6) is -0.0299. The Kier molecular flexibility index (Phi) is 4.90. The van der Waals surface area contributed by atoms with Gasteiger partial charge in [0, 0.05) is 0 Å². The fourth-order valence-corrected chi connectivity index (χ4v) is 2.72. The molecule has 0 radical (unpaired) electrons. The van der Waals surface area contributed by atoms with Crippen molar-refractivity contribution in [2.75, 3.05) is 18.0 Å². The second kappa shape index (κ2) is 7.54. The molecule has 0 aliphatic carbocycles. The van der Waals surface area contributed by atoms with Crippen molar-refractivity contribution in [2.24, 2.45) is 20.6 Å². The summed E-state index contributed by atoms with van der Waals surface area (Å²) in [6, 6.07) is 0. The Balaban J connectivity index is 1.42. The molecular formula is C12H10BrN15O2. The summed E-state index contributed by atoms with van der Waals surface area (Å²) >= 11 is 3.42. The molecule has 18 heteroatoms. The van der Waals surface area contributed by atoms with Crippen LogP contribution in [0.4, 0.5) is 17.8 Å². The van der Waals surface area contributed by atoms with E-state index in [1.807, 2.05) is 13.8 Å². The lowest BCUT2D eigenvalue weighted by Gasteiger charge is -2.39. The van der Waals surface area contributed by atoms with Gasteiger partial charge in [0.05, 0.1) is 29.0 Å². The van der Waals surface area contributed by atoms with Crippen LogP contribution in [-0.4, -0.2) is 69.3 Å². The van der Waals surface area contributed by atoms with Crippen LogP contribution < -0.4 is 4.90 Å². The smallest absolute Gasteiger partial charge is 0.306 e. The van der Waals surface area contributed by atoms with E-state index in [2.05, 4.69) is 82.4 Å². The topological polar surface area (TPSA) is 208 Å². The van der Waals surface area contributed by atoms with E-state index < -0.39 is 5.66 Å². The number of hydrogen-bond acceptors (Lipinski definition) is 16. The maximum Gasteiger partial charge on any atom is 0.306 e. The fraction of sp³-hybridized carbons (Fsp3) is 0.417. The number of hydrogen-bond donors (Lipinski definition) is 0. The molecule has 1 fully saturated rings. The second-order valence-electron chi connectivity index (χ2n) is 6.12. The summed E-state index contributed by atoms with van der Waals surface area (Å²) < 4.78 is 2.32. The summed E-state index contributed by atoms with van der Waals surface area (Å²) in [4.78, 5) is 22.7. The summed E-state index contributed by atoms with van der Waals surface area (Å²) in [5.41, 5.74) is 0.0481. The number of rotatable bonds is 6. The lowest BCUT2D eigenvalue weighted by Crippen LogP contribution is -2.60. The van der Waals surface area contributed by atoms with E-state index in [1.54, 1.807) is 0 Å². The third-order valence-electron chi connectivity index (χ3n) is 4.05. The average Bonchev–Trinajstić information content (AvgIpc) is 3.01. The minimum Gasteiger partial charge on any atom is -0.329 e. The number of aryl methyl sites for hydroxylation is 1. The first kappa shape index (κ1) is 19.5. The van der Waals surface area contributed by atoms with Crippen LogP contribution in [0.2, 0.25) is 0 Å². The lowest BCUT2D eigenvalue weighted by molar-refractivity contribution is 0.338. The first-order chi connectivity index (χ1) is 14.4. The van der Waals surface area contributed by atoms with Gasteiger partial charge >= 0.3 is 11.9 Å². The van der Waals surface area contributed by atoms with Crippen LogP contribution in [-0.2, 0) is 0 Å². The summed E-state index contributed by atoms with van der Waals surface area (Å²) in [5, 5.41) is 47.6. The zero-order valence-electron chi connectivity index (χ0n) is 15.3. The number of nitroso groups, excluding NO2 is 2. The zero-order valence-corrected chi connectivity index (χ0v) is 16.9. The van der Waals surface area contributed by atoms with Crippen molar-refractivity contribution in [3.05, 3.63) is 25.7 Å². The predicted molar refractivity (Wildman–Crippen MR) is 100 cm³/mol. The Morgan fingerprint density at radius 1 is 0.833 bits per heavy atom. The molecule has 0 aromatic carbocycles. The molecule has 0 bridgehead atoms. The normalized spacial score (nSPS) is 15.2. The predicted octanol–water partition coefficient (Wildman–Crippen LogP) is 0.876. The van der Waals surface area contributed by atoms with Crippen molar-refractivity contribution in [3.63, 3.8) is 0 Å². The first-order valence-corrected chi connectivity index (χ1v) is 8.96. The first-order valence-electron chi connectivity index (χ1n) is 8.17. The van der Waals surface area contributed by atoms with Gasteiger partial charge in [0.25, 0.3) is 17.6 Å². The van der Waals surface area contributed by atoms with E-state index in [9.17, 15) is 9.81 Å². The van der Waals surface area contributed by atoms with E-state index in [4.69, 9.17) is 0 Å². The van der Waals surface area contributed by atoms with Crippen molar-refractivity contribution in [1.29, 1.82) is 0 Å². The van der Waals surface area contributed by atoms with Crippen molar-refractivity contribution >= 4 is 33.8 Å². The molecule has 0 unspecified atom stereocenters. The van der Waals surface area contributed by atoms with Crippen LogP contribution in [0.15, 0.2) is 25.1 Å².